The number of unbranched alkanes of at least 4 members (excludes halogenated alkanes) is 2. The first-order chi connectivity index (χ1) is 22.2. The van der Waals surface area contributed by atoms with Crippen molar-refractivity contribution in [2.45, 2.75) is 35.5 Å². The highest BCUT2D eigenvalue weighted by molar-refractivity contribution is 7.99. The molecule has 0 unspecified atom stereocenters. The summed E-state index contributed by atoms with van der Waals surface area (Å²) in [4.78, 5) is 7.22. The molecule has 0 aliphatic carbocycles. The fourth-order valence-corrected chi connectivity index (χ4v) is 6.05. The van der Waals surface area contributed by atoms with Gasteiger partial charge in [-0.3, -0.25) is 10.8 Å². The SMILES string of the molecule is CN(C)CCCN1c2ccccc2Sc2ccc(Cl)cc21.N=C(N)c1ccc(OCCCCCOc2ccc(C(=N)N)cc2)cc1. The van der Waals surface area contributed by atoms with Gasteiger partial charge in [-0.15, -0.1) is 0 Å². The molecule has 6 N–H and O–H groups in total. The van der Waals surface area contributed by atoms with E-state index in [1.807, 2.05) is 42.1 Å². The van der Waals surface area contributed by atoms with E-state index in [9.17, 15) is 0 Å². The van der Waals surface area contributed by atoms with E-state index in [2.05, 4.69) is 60.3 Å². The van der Waals surface area contributed by atoms with Gasteiger partial charge in [-0.2, -0.15) is 0 Å². The predicted molar refractivity (Wildman–Crippen MR) is 192 cm³/mol. The molecule has 0 saturated carbocycles. The van der Waals surface area contributed by atoms with Gasteiger partial charge in [0, 0.05) is 32.5 Å². The summed E-state index contributed by atoms with van der Waals surface area (Å²) in [6.07, 6.45) is 4.03. The Bertz CT molecular complexity index is 1520. The third kappa shape index (κ3) is 10.4. The topological polar surface area (TPSA) is 125 Å². The second-order valence-corrected chi connectivity index (χ2v) is 12.6. The molecule has 1 aliphatic rings. The number of benzene rings is 4. The Balaban J connectivity index is 0.000000211. The lowest BCUT2D eigenvalue weighted by Gasteiger charge is -2.33. The van der Waals surface area contributed by atoms with Crippen molar-refractivity contribution in [3.63, 3.8) is 0 Å². The summed E-state index contributed by atoms with van der Waals surface area (Å²) in [5.74, 6) is 1.68. The van der Waals surface area contributed by atoms with Gasteiger partial charge in [0.15, 0.2) is 0 Å². The number of hydrogen-bond donors (Lipinski definition) is 4. The molecule has 0 atom stereocenters. The summed E-state index contributed by atoms with van der Waals surface area (Å²) >= 11 is 8.03. The second-order valence-electron chi connectivity index (χ2n) is 11.1. The van der Waals surface area contributed by atoms with Crippen LogP contribution >= 0.6 is 23.4 Å². The van der Waals surface area contributed by atoms with Gasteiger partial charge >= 0.3 is 0 Å². The molecule has 0 aromatic heterocycles. The van der Waals surface area contributed by atoms with Crippen molar-refractivity contribution in [2.75, 3.05) is 45.3 Å². The maximum atomic E-state index is 7.34. The molecular formula is C36H43ClN6O2S. The van der Waals surface area contributed by atoms with E-state index in [0.717, 1.165) is 55.3 Å². The molecule has 4 aromatic rings. The van der Waals surface area contributed by atoms with Crippen LogP contribution in [0.15, 0.2) is 101 Å². The highest BCUT2D eigenvalue weighted by atomic mass is 35.5. The Labute approximate surface area is 281 Å². The number of ether oxygens (including phenoxy) is 2. The lowest BCUT2D eigenvalue weighted by Crippen LogP contribution is -2.25. The van der Waals surface area contributed by atoms with Gasteiger partial charge < -0.3 is 30.7 Å². The number of nitrogens with one attached hydrogen (secondary N) is 2. The summed E-state index contributed by atoms with van der Waals surface area (Å²) in [7, 11) is 4.23. The molecule has 8 nitrogen and oxygen atoms in total. The zero-order valence-corrected chi connectivity index (χ0v) is 28.0. The van der Waals surface area contributed by atoms with Gasteiger partial charge in [0.2, 0.25) is 0 Å². The zero-order chi connectivity index (χ0) is 32.9. The second kappa shape index (κ2) is 17.5. The molecule has 4 aromatic carbocycles. The average molecular weight is 659 g/mol. The van der Waals surface area contributed by atoms with E-state index in [1.54, 1.807) is 24.3 Å². The first-order valence-electron chi connectivity index (χ1n) is 15.3. The van der Waals surface area contributed by atoms with Crippen LogP contribution in [0.1, 0.15) is 36.8 Å². The Morgan fingerprint density at radius 2 is 1.26 bits per heavy atom. The van der Waals surface area contributed by atoms with Crippen molar-refractivity contribution < 1.29 is 9.47 Å². The molecule has 1 aliphatic heterocycles. The van der Waals surface area contributed by atoms with Crippen molar-refractivity contribution in [1.82, 2.24) is 4.90 Å². The van der Waals surface area contributed by atoms with Crippen LogP contribution in [0.3, 0.4) is 0 Å². The minimum absolute atomic E-state index is 0.0579. The number of halogens is 1. The van der Waals surface area contributed by atoms with Gasteiger partial charge in [0.25, 0.3) is 0 Å². The van der Waals surface area contributed by atoms with E-state index in [0.29, 0.717) is 24.3 Å². The van der Waals surface area contributed by atoms with Crippen molar-refractivity contribution >= 4 is 46.4 Å². The summed E-state index contributed by atoms with van der Waals surface area (Å²) in [6, 6.07) is 29.2. The molecule has 0 saturated heterocycles. The number of para-hydroxylation sites is 1. The number of anilines is 2. The van der Waals surface area contributed by atoms with Gasteiger partial charge in [-0.05, 0) is 125 Å². The van der Waals surface area contributed by atoms with Crippen LogP contribution in [0.2, 0.25) is 5.02 Å². The minimum Gasteiger partial charge on any atom is -0.494 e. The Morgan fingerprint density at radius 3 is 1.80 bits per heavy atom. The number of fused-ring (bicyclic) bond motifs is 2. The molecule has 1 heterocycles. The van der Waals surface area contributed by atoms with Crippen molar-refractivity contribution in [1.29, 1.82) is 10.8 Å². The van der Waals surface area contributed by atoms with E-state index in [4.69, 9.17) is 43.4 Å². The number of nitrogens with zero attached hydrogens (tertiary/aromatic N) is 2. The Morgan fingerprint density at radius 1 is 0.717 bits per heavy atom. The van der Waals surface area contributed by atoms with Crippen molar-refractivity contribution in [2.24, 2.45) is 11.5 Å². The average Bonchev–Trinajstić information content (AvgIpc) is 3.05. The maximum absolute atomic E-state index is 7.34. The highest BCUT2D eigenvalue weighted by Crippen LogP contribution is 2.48. The van der Waals surface area contributed by atoms with Crippen LogP contribution in [0.4, 0.5) is 11.4 Å². The molecular weight excluding hydrogens is 616 g/mol. The first kappa shape index (κ1) is 34.7. The van der Waals surface area contributed by atoms with Crippen molar-refractivity contribution in [3.05, 3.63) is 107 Å². The van der Waals surface area contributed by atoms with Gasteiger partial charge in [-0.1, -0.05) is 35.5 Å². The number of hydrogen-bond acceptors (Lipinski definition) is 7. The summed E-state index contributed by atoms with van der Waals surface area (Å²) in [5.41, 5.74) is 14.7. The molecule has 5 rings (SSSR count). The lowest BCUT2D eigenvalue weighted by atomic mass is 10.2. The Hall–Kier alpha value is -4.18. The third-order valence-electron chi connectivity index (χ3n) is 7.23. The number of nitrogens with two attached hydrogens (primary N) is 2. The minimum atomic E-state index is 0.0579. The van der Waals surface area contributed by atoms with E-state index in [1.165, 1.54) is 21.2 Å². The van der Waals surface area contributed by atoms with Crippen LogP contribution in [-0.4, -0.2) is 57.0 Å². The van der Waals surface area contributed by atoms with Crippen LogP contribution in [-0.2, 0) is 0 Å². The summed E-state index contributed by atoms with van der Waals surface area (Å²) < 4.78 is 11.3. The summed E-state index contributed by atoms with van der Waals surface area (Å²) in [6.45, 7) is 3.38. The number of rotatable bonds is 14. The standard InChI is InChI=1S/C19H24N4O2.C17H19ClN2S/c20-18(21)14-4-8-16(9-5-14)24-12-2-1-3-13-25-17-10-6-15(7-11-17)19(22)23;1-19(2)10-5-11-20-14-6-3-4-7-16(14)21-17-9-8-13(18)12-15(17)20/h4-11H,1-3,12-13H2,(H3,20,21)(H3,22,23);3-4,6-9,12H,5,10-11H2,1-2H3. The van der Waals surface area contributed by atoms with Crippen LogP contribution in [0, 0.1) is 10.8 Å². The third-order valence-corrected chi connectivity index (χ3v) is 8.60. The largest absolute Gasteiger partial charge is 0.494 e. The quantitative estimate of drug-likeness (QED) is 0.0619. The fourth-order valence-electron chi connectivity index (χ4n) is 4.81. The van der Waals surface area contributed by atoms with Crippen LogP contribution in [0.5, 0.6) is 11.5 Å². The molecule has 0 amide bonds. The van der Waals surface area contributed by atoms with Gasteiger partial charge in [0.05, 0.1) is 24.6 Å². The number of nitrogen functional groups attached to an aromatic ring is 2. The first-order valence-corrected chi connectivity index (χ1v) is 16.5. The van der Waals surface area contributed by atoms with Crippen molar-refractivity contribution in [3.8, 4) is 11.5 Å². The van der Waals surface area contributed by atoms with Gasteiger partial charge in [0.1, 0.15) is 23.2 Å². The number of amidine groups is 2. The lowest BCUT2D eigenvalue weighted by molar-refractivity contribution is 0.279. The molecule has 46 heavy (non-hydrogen) atoms. The Kier molecular flexibility index (Phi) is 13.2. The predicted octanol–water partition coefficient (Wildman–Crippen LogP) is 7.78. The molecule has 0 spiro atoms. The molecule has 0 radical (unpaired) electrons. The fraction of sp³-hybridized carbons (Fsp3) is 0.278. The normalized spacial score (nSPS) is 11.6. The summed E-state index contributed by atoms with van der Waals surface area (Å²) in [5, 5.41) is 15.5. The highest BCUT2D eigenvalue weighted by Gasteiger charge is 2.23. The molecule has 0 bridgehead atoms. The molecule has 0 fully saturated rings. The monoisotopic (exact) mass is 658 g/mol. The van der Waals surface area contributed by atoms with Crippen LogP contribution < -0.4 is 25.8 Å². The zero-order valence-electron chi connectivity index (χ0n) is 26.5. The van der Waals surface area contributed by atoms with Crippen LogP contribution in [0.25, 0.3) is 0 Å². The van der Waals surface area contributed by atoms with E-state index >= 15 is 0 Å². The van der Waals surface area contributed by atoms with E-state index in [-0.39, 0.29) is 11.7 Å². The maximum Gasteiger partial charge on any atom is 0.122 e. The van der Waals surface area contributed by atoms with Gasteiger partial charge in [-0.25, -0.2) is 0 Å². The molecule has 10 heteroatoms. The van der Waals surface area contributed by atoms with E-state index < -0.39 is 0 Å². The molecule has 242 valence electrons. The smallest absolute Gasteiger partial charge is 0.122 e.